The van der Waals surface area contributed by atoms with Crippen molar-refractivity contribution in [1.29, 1.82) is 0 Å². The minimum Gasteiger partial charge on any atom is -0.349 e. The summed E-state index contributed by atoms with van der Waals surface area (Å²) in [5, 5.41) is 12.1. The van der Waals surface area contributed by atoms with Gasteiger partial charge >= 0.3 is 0 Å². The van der Waals surface area contributed by atoms with Crippen molar-refractivity contribution < 1.29 is 0 Å². The van der Waals surface area contributed by atoms with Gasteiger partial charge in [-0.05, 0) is 36.6 Å². The maximum atomic E-state index is 6.20. The second-order valence-corrected chi connectivity index (χ2v) is 6.54. The molecular formula is C19H18ClN5. The van der Waals surface area contributed by atoms with Crippen molar-refractivity contribution in [1.82, 2.24) is 15.2 Å². The number of aromatic nitrogens is 3. The van der Waals surface area contributed by atoms with Crippen LogP contribution in [-0.4, -0.2) is 21.2 Å². The first-order chi connectivity index (χ1) is 12.2. The lowest BCUT2D eigenvalue weighted by atomic mass is 10.1. The first-order valence-electron chi connectivity index (χ1n) is 8.26. The highest BCUT2D eigenvalue weighted by molar-refractivity contribution is 6.31. The zero-order valence-electron chi connectivity index (χ0n) is 13.9. The fraction of sp³-hybridized carbons (Fsp3) is 0.211. The molecule has 1 atom stereocenters. The third-order valence-electron chi connectivity index (χ3n) is 4.39. The molecular weight excluding hydrogens is 334 g/mol. The summed E-state index contributed by atoms with van der Waals surface area (Å²) in [6.45, 7) is 2.75. The van der Waals surface area contributed by atoms with Gasteiger partial charge in [-0.2, -0.15) is 10.1 Å². The second kappa shape index (κ2) is 6.69. The maximum Gasteiger partial charge on any atom is 0.244 e. The number of hydrogen-bond donors (Lipinski definition) is 1. The van der Waals surface area contributed by atoms with Crippen molar-refractivity contribution >= 4 is 29.1 Å². The van der Waals surface area contributed by atoms with E-state index in [1.165, 1.54) is 11.3 Å². The van der Waals surface area contributed by atoms with E-state index in [0.717, 1.165) is 22.8 Å². The molecule has 0 fully saturated rings. The fourth-order valence-electron chi connectivity index (χ4n) is 3.22. The van der Waals surface area contributed by atoms with Gasteiger partial charge in [0, 0.05) is 23.3 Å². The lowest BCUT2D eigenvalue weighted by Crippen LogP contribution is -2.25. The van der Waals surface area contributed by atoms with E-state index in [0.29, 0.717) is 18.5 Å². The molecule has 1 aliphatic rings. The van der Waals surface area contributed by atoms with Crippen LogP contribution in [0.1, 0.15) is 18.1 Å². The van der Waals surface area contributed by atoms with Crippen molar-refractivity contribution in [3.05, 3.63) is 70.9 Å². The van der Waals surface area contributed by atoms with Crippen molar-refractivity contribution in [2.45, 2.75) is 25.9 Å². The molecule has 0 amide bonds. The lowest BCUT2D eigenvalue weighted by molar-refractivity contribution is 0.744. The topological polar surface area (TPSA) is 53.9 Å². The van der Waals surface area contributed by atoms with Crippen LogP contribution >= 0.6 is 11.6 Å². The third-order valence-corrected chi connectivity index (χ3v) is 4.76. The van der Waals surface area contributed by atoms with E-state index in [1.54, 1.807) is 6.20 Å². The standard InChI is InChI=1S/C19H18ClN5/c1-13-10-14-6-3-5-9-17(14)25(13)18-12-22-24-19(23-18)21-11-15-7-2-4-8-16(15)20/h2-9,12-13H,10-11H2,1H3,(H,21,23,24). The third kappa shape index (κ3) is 3.15. The van der Waals surface area contributed by atoms with Crippen LogP contribution < -0.4 is 10.2 Å². The Morgan fingerprint density at radius 3 is 2.84 bits per heavy atom. The molecule has 3 aromatic rings. The van der Waals surface area contributed by atoms with Crippen LogP contribution in [0, 0.1) is 0 Å². The number of nitrogens with zero attached hydrogens (tertiary/aromatic N) is 4. The van der Waals surface area contributed by atoms with Gasteiger partial charge in [0.2, 0.25) is 5.95 Å². The molecule has 0 saturated carbocycles. The van der Waals surface area contributed by atoms with E-state index in [1.807, 2.05) is 24.3 Å². The molecule has 126 valence electrons. The summed E-state index contributed by atoms with van der Waals surface area (Å²) in [7, 11) is 0. The van der Waals surface area contributed by atoms with E-state index in [9.17, 15) is 0 Å². The minimum absolute atomic E-state index is 0.338. The predicted molar refractivity (Wildman–Crippen MR) is 100 cm³/mol. The van der Waals surface area contributed by atoms with Gasteiger partial charge < -0.3 is 10.2 Å². The Hall–Kier alpha value is -2.66. The average molecular weight is 352 g/mol. The first kappa shape index (κ1) is 15.8. The fourth-order valence-corrected chi connectivity index (χ4v) is 3.42. The van der Waals surface area contributed by atoms with E-state index in [4.69, 9.17) is 11.6 Å². The molecule has 5 nitrogen and oxygen atoms in total. The van der Waals surface area contributed by atoms with Crippen LogP contribution in [0.2, 0.25) is 5.02 Å². The SMILES string of the molecule is CC1Cc2ccccc2N1c1cnnc(NCc2ccccc2Cl)n1. The first-order valence-corrected chi connectivity index (χ1v) is 8.64. The number of nitrogens with one attached hydrogen (secondary N) is 1. The van der Waals surface area contributed by atoms with Crippen LogP contribution in [-0.2, 0) is 13.0 Å². The number of benzene rings is 2. The summed E-state index contributed by atoms with van der Waals surface area (Å²) in [6, 6.07) is 16.5. The molecule has 0 radical (unpaired) electrons. The summed E-state index contributed by atoms with van der Waals surface area (Å²) in [5.74, 6) is 1.29. The second-order valence-electron chi connectivity index (χ2n) is 6.14. The summed E-state index contributed by atoms with van der Waals surface area (Å²) in [5.41, 5.74) is 3.52. The summed E-state index contributed by atoms with van der Waals surface area (Å²) >= 11 is 6.20. The number of anilines is 3. The molecule has 25 heavy (non-hydrogen) atoms. The molecule has 6 heteroatoms. The monoisotopic (exact) mass is 351 g/mol. The average Bonchev–Trinajstić information content (AvgIpc) is 2.97. The molecule has 2 heterocycles. The van der Waals surface area contributed by atoms with E-state index in [2.05, 4.69) is 56.6 Å². The van der Waals surface area contributed by atoms with Crippen LogP contribution in [0.5, 0.6) is 0 Å². The predicted octanol–water partition coefficient (Wildman–Crippen LogP) is 4.22. The van der Waals surface area contributed by atoms with Gasteiger partial charge in [0.1, 0.15) is 0 Å². The number of rotatable bonds is 4. The molecule has 0 bridgehead atoms. The van der Waals surface area contributed by atoms with E-state index < -0.39 is 0 Å². The van der Waals surface area contributed by atoms with Crippen molar-refractivity contribution in [2.75, 3.05) is 10.2 Å². The van der Waals surface area contributed by atoms with Crippen LogP contribution in [0.25, 0.3) is 0 Å². The Kier molecular flexibility index (Phi) is 4.24. The zero-order valence-corrected chi connectivity index (χ0v) is 14.6. The highest BCUT2D eigenvalue weighted by Crippen LogP contribution is 2.36. The van der Waals surface area contributed by atoms with Gasteiger partial charge in [-0.3, -0.25) is 0 Å². The molecule has 4 rings (SSSR count). The van der Waals surface area contributed by atoms with Gasteiger partial charge in [0.25, 0.3) is 0 Å². The summed E-state index contributed by atoms with van der Waals surface area (Å²) in [4.78, 5) is 6.86. The normalized spacial score (nSPS) is 15.9. The quantitative estimate of drug-likeness (QED) is 0.762. The van der Waals surface area contributed by atoms with Crippen LogP contribution in [0.3, 0.4) is 0 Å². The molecule has 1 aliphatic heterocycles. The van der Waals surface area contributed by atoms with E-state index >= 15 is 0 Å². The Morgan fingerprint density at radius 2 is 1.96 bits per heavy atom. The Bertz CT molecular complexity index is 898. The molecule has 2 aromatic carbocycles. The Labute approximate surface area is 151 Å². The van der Waals surface area contributed by atoms with E-state index in [-0.39, 0.29) is 0 Å². The lowest BCUT2D eigenvalue weighted by Gasteiger charge is -2.23. The smallest absolute Gasteiger partial charge is 0.244 e. The Balaban J connectivity index is 1.57. The van der Waals surface area contributed by atoms with Gasteiger partial charge in [0.05, 0.1) is 6.20 Å². The maximum absolute atomic E-state index is 6.20. The molecule has 0 saturated heterocycles. The number of halogens is 1. The van der Waals surface area contributed by atoms with Crippen molar-refractivity contribution in [3.63, 3.8) is 0 Å². The number of fused-ring (bicyclic) bond motifs is 1. The molecule has 0 aliphatic carbocycles. The highest BCUT2D eigenvalue weighted by Gasteiger charge is 2.28. The highest BCUT2D eigenvalue weighted by atomic mass is 35.5. The zero-order chi connectivity index (χ0) is 17.2. The van der Waals surface area contributed by atoms with Gasteiger partial charge in [-0.15, -0.1) is 5.10 Å². The number of para-hydroxylation sites is 1. The van der Waals surface area contributed by atoms with Gasteiger partial charge in [-0.25, -0.2) is 0 Å². The summed E-state index contributed by atoms with van der Waals surface area (Å²) < 4.78 is 0. The largest absolute Gasteiger partial charge is 0.349 e. The van der Waals surface area contributed by atoms with Gasteiger partial charge in [-0.1, -0.05) is 48.0 Å². The number of hydrogen-bond acceptors (Lipinski definition) is 5. The van der Waals surface area contributed by atoms with Crippen molar-refractivity contribution in [2.24, 2.45) is 0 Å². The van der Waals surface area contributed by atoms with Gasteiger partial charge in [0.15, 0.2) is 5.82 Å². The van der Waals surface area contributed by atoms with Crippen molar-refractivity contribution in [3.8, 4) is 0 Å². The molecule has 1 N–H and O–H groups in total. The molecule has 1 aromatic heterocycles. The van der Waals surface area contributed by atoms with Crippen LogP contribution in [0.15, 0.2) is 54.7 Å². The Morgan fingerprint density at radius 1 is 1.16 bits per heavy atom. The molecule has 0 spiro atoms. The molecule has 1 unspecified atom stereocenters. The minimum atomic E-state index is 0.338. The summed E-state index contributed by atoms with van der Waals surface area (Å²) in [6.07, 6.45) is 2.71. The van der Waals surface area contributed by atoms with Crippen LogP contribution in [0.4, 0.5) is 17.5 Å².